The van der Waals surface area contributed by atoms with Crippen molar-refractivity contribution in [3.63, 3.8) is 0 Å². The monoisotopic (exact) mass is 176 g/mol. The molecule has 0 aliphatic carbocycles. The molecule has 1 rings (SSSR count). The molecular weight excluding hydrogens is 168 g/mol. The fraction of sp³-hybridized carbons (Fsp3) is 0.667. The summed E-state index contributed by atoms with van der Waals surface area (Å²) >= 11 is 1.25. The van der Waals surface area contributed by atoms with Gasteiger partial charge in [-0.3, -0.25) is 9.59 Å². The smallest absolute Gasteiger partial charge is 0.327 e. The zero-order chi connectivity index (χ0) is 8.27. The summed E-state index contributed by atoms with van der Waals surface area (Å²) in [4.78, 5) is 21.3. The zero-order valence-electron chi connectivity index (χ0n) is 5.78. The van der Waals surface area contributed by atoms with Crippen LogP contribution in [0, 0.1) is 0 Å². The summed E-state index contributed by atoms with van der Waals surface area (Å²) in [5, 5.41) is 8.03. The van der Waals surface area contributed by atoms with Gasteiger partial charge in [-0.2, -0.15) is 0 Å². The summed E-state index contributed by atoms with van der Waals surface area (Å²) in [5.41, 5.74) is 0. The van der Waals surface area contributed by atoms with E-state index in [1.54, 1.807) is 0 Å². The molecule has 0 saturated carbocycles. The highest BCUT2D eigenvalue weighted by Gasteiger charge is 2.33. The highest BCUT2D eigenvalue weighted by Crippen LogP contribution is 2.21. The molecule has 1 unspecified atom stereocenters. The van der Waals surface area contributed by atoms with Crippen LogP contribution >= 0.6 is 11.8 Å². The molecule has 0 aromatic heterocycles. The molecule has 0 bridgehead atoms. The number of carbonyl (C=O) groups excluding carboxylic acids is 2. The summed E-state index contributed by atoms with van der Waals surface area (Å²) in [6.45, 7) is 0.0165. The Labute approximate surface area is 67.9 Å². The molecule has 4 nitrogen and oxygen atoms in total. The minimum atomic E-state index is -0.478. The second-order valence-corrected chi connectivity index (χ2v) is 3.39. The molecule has 1 aliphatic rings. The lowest BCUT2D eigenvalue weighted by molar-refractivity contribution is -0.151. The van der Waals surface area contributed by atoms with Crippen LogP contribution in [0.4, 0.5) is 0 Å². The Bertz CT molecular complexity index is 179. The standard InChI is InChI=1S/C6H8O4S/c7-1-2-11-4-3-5(8)10-6(4)9/h4,7H,1-3H2. The van der Waals surface area contributed by atoms with Crippen LogP contribution in [0.5, 0.6) is 0 Å². The number of cyclic esters (lactones) is 2. The van der Waals surface area contributed by atoms with Crippen molar-refractivity contribution in [2.24, 2.45) is 0 Å². The van der Waals surface area contributed by atoms with Crippen molar-refractivity contribution < 1.29 is 19.4 Å². The third-order valence-corrected chi connectivity index (χ3v) is 2.42. The van der Waals surface area contributed by atoms with Crippen LogP contribution in [-0.2, 0) is 14.3 Å². The van der Waals surface area contributed by atoms with E-state index in [2.05, 4.69) is 4.74 Å². The van der Waals surface area contributed by atoms with E-state index in [-0.39, 0.29) is 13.0 Å². The maximum atomic E-state index is 10.7. The molecule has 0 aromatic rings. The lowest BCUT2D eigenvalue weighted by atomic mass is 10.4. The molecule has 0 aromatic carbocycles. The van der Waals surface area contributed by atoms with Crippen molar-refractivity contribution in [1.29, 1.82) is 0 Å². The van der Waals surface area contributed by atoms with E-state index in [1.807, 2.05) is 0 Å². The van der Waals surface area contributed by atoms with Crippen molar-refractivity contribution in [3.05, 3.63) is 0 Å². The third kappa shape index (κ3) is 2.20. The zero-order valence-corrected chi connectivity index (χ0v) is 6.60. The van der Waals surface area contributed by atoms with Gasteiger partial charge < -0.3 is 9.84 Å². The highest BCUT2D eigenvalue weighted by atomic mass is 32.2. The number of aliphatic hydroxyl groups excluding tert-OH is 1. The van der Waals surface area contributed by atoms with Crippen molar-refractivity contribution in [2.75, 3.05) is 12.4 Å². The molecule has 62 valence electrons. The number of aliphatic hydroxyl groups is 1. The maximum absolute atomic E-state index is 10.7. The Hall–Kier alpha value is -0.550. The number of rotatable bonds is 3. The number of hydrogen-bond acceptors (Lipinski definition) is 5. The van der Waals surface area contributed by atoms with Crippen LogP contribution in [0.3, 0.4) is 0 Å². The number of thioether (sulfide) groups is 1. The van der Waals surface area contributed by atoms with E-state index in [9.17, 15) is 9.59 Å². The second kappa shape index (κ2) is 3.73. The second-order valence-electron chi connectivity index (χ2n) is 2.08. The van der Waals surface area contributed by atoms with Crippen molar-refractivity contribution in [3.8, 4) is 0 Å². The van der Waals surface area contributed by atoms with Crippen LogP contribution in [-0.4, -0.2) is 34.7 Å². The Morgan fingerprint density at radius 2 is 2.36 bits per heavy atom. The molecule has 1 heterocycles. The molecule has 1 N–H and O–H groups in total. The molecule has 1 saturated heterocycles. The minimum absolute atomic E-state index is 0.0165. The normalized spacial score (nSPS) is 23.9. The van der Waals surface area contributed by atoms with E-state index >= 15 is 0 Å². The number of ether oxygens (including phenoxy) is 1. The van der Waals surface area contributed by atoms with Gasteiger partial charge in [0.15, 0.2) is 0 Å². The van der Waals surface area contributed by atoms with Crippen LogP contribution in [0.2, 0.25) is 0 Å². The van der Waals surface area contributed by atoms with Gasteiger partial charge in [-0.25, -0.2) is 0 Å². The van der Waals surface area contributed by atoms with E-state index in [0.29, 0.717) is 5.75 Å². The van der Waals surface area contributed by atoms with E-state index in [4.69, 9.17) is 5.11 Å². The SMILES string of the molecule is O=C1CC(SCCO)C(=O)O1. The summed E-state index contributed by atoms with van der Waals surface area (Å²) in [6, 6.07) is 0. The molecule has 0 spiro atoms. The summed E-state index contributed by atoms with van der Waals surface area (Å²) < 4.78 is 4.29. The Morgan fingerprint density at radius 3 is 2.82 bits per heavy atom. The van der Waals surface area contributed by atoms with Crippen LogP contribution in [0.25, 0.3) is 0 Å². The van der Waals surface area contributed by atoms with Gasteiger partial charge in [-0.15, -0.1) is 11.8 Å². The van der Waals surface area contributed by atoms with Gasteiger partial charge in [0.2, 0.25) is 0 Å². The average Bonchev–Trinajstić information content (AvgIpc) is 2.26. The van der Waals surface area contributed by atoms with Crippen LogP contribution in [0.1, 0.15) is 6.42 Å². The molecule has 0 radical (unpaired) electrons. The minimum Gasteiger partial charge on any atom is -0.396 e. The molecule has 1 aliphatic heterocycles. The van der Waals surface area contributed by atoms with Crippen molar-refractivity contribution in [1.82, 2.24) is 0 Å². The lowest BCUT2D eigenvalue weighted by Gasteiger charge is -2.00. The summed E-state index contributed by atoms with van der Waals surface area (Å²) in [5.74, 6) is -0.480. The van der Waals surface area contributed by atoms with Gasteiger partial charge in [-0.1, -0.05) is 0 Å². The molecule has 0 amide bonds. The predicted octanol–water partition coefficient (Wildman–Crippen LogP) is -0.446. The Balaban J connectivity index is 2.34. The first-order chi connectivity index (χ1) is 5.24. The molecule has 1 fully saturated rings. The third-order valence-electron chi connectivity index (χ3n) is 1.24. The molecule has 5 heteroatoms. The van der Waals surface area contributed by atoms with E-state index < -0.39 is 17.2 Å². The average molecular weight is 176 g/mol. The molecular formula is C6H8O4S. The summed E-state index contributed by atoms with van der Waals surface area (Å²) in [7, 11) is 0. The van der Waals surface area contributed by atoms with Crippen LogP contribution < -0.4 is 0 Å². The number of carbonyl (C=O) groups is 2. The first-order valence-electron chi connectivity index (χ1n) is 3.21. The van der Waals surface area contributed by atoms with Crippen LogP contribution in [0.15, 0.2) is 0 Å². The Kier molecular flexibility index (Phi) is 2.90. The van der Waals surface area contributed by atoms with Crippen molar-refractivity contribution >= 4 is 23.7 Å². The van der Waals surface area contributed by atoms with E-state index in [0.717, 1.165) is 0 Å². The number of hydrogen-bond donors (Lipinski definition) is 1. The van der Waals surface area contributed by atoms with Gasteiger partial charge in [0, 0.05) is 5.75 Å². The molecule has 11 heavy (non-hydrogen) atoms. The van der Waals surface area contributed by atoms with Crippen molar-refractivity contribution in [2.45, 2.75) is 11.7 Å². The molecule has 1 atom stereocenters. The topological polar surface area (TPSA) is 63.6 Å². The fourth-order valence-electron chi connectivity index (χ4n) is 0.776. The van der Waals surface area contributed by atoms with Gasteiger partial charge >= 0.3 is 11.9 Å². The van der Waals surface area contributed by atoms with Gasteiger partial charge in [0.1, 0.15) is 5.25 Å². The quantitative estimate of drug-likeness (QED) is 0.466. The largest absolute Gasteiger partial charge is 0.396 e. The van der Waals surface area contributed by atoms with Gasteiger partial charge in [0.05, 0.1) is 13.0 Å². The van der Waals surface area contributed by atoms with E-state index in [1.165, 1.54) is 11.8 Å². The van der Waals surface area contributed by atoms with Gasteiger partial charge in [-0.05, 0) is 0 Å². The summed E-state index contributed by atoms with van der Waals surface area (Å²) in [6.07, 6.45) is 0.142. The lowest BCUT2D eigenvalue weighted by Crippen LogP contribution is -2.10. The van der Waals surface area contributed by atoms with Gasteiger partial charge in [0.25, 0.3) is 0 Å². The first-order valence-corrected chi connectivity index (χ1v) is 4.26. The number of esters is 2. The predicted molar refractivity (Wildman–Crippen MR) is 39.0 cm³/mol. The Morgan fingerprint density at radius 1 is 1.64 bits per heavy atom. The first kappa shape index (κ1) is 8.55. The maximum Gasteiger partial charge on any atom is 0.327 e. The highest BCUT2D eigenvalue weighted by molar-refractivity contribution is 8.00. The fourth-order valence-corrected chi connectivity index (χ4v) is 1.60.